The molecule has 0 spiro atoms. The number of nitrogens with two attached hydrogens (primary N) is 1. The number of ether oxygens (including phenoxy) is 2. The Kier molecular flexibility index (Phi) is 17.3. The topological polar surface area (TPSA) is 201 Å². The molecule has 2 saturated carbocycles. The molecule has 4 aliphatic heterocycles. The molecule has 6 aromatic rings. The van der Waals surface area contributed by atoms with E-state index in [2.05, 4.69) is 25.4 Å². The number of rotatable bonds is 15. The number of nitrogens with zero attached hydrogens (tertiary/aromatic N) is 4. The van der Waals surface area contributed by atoms with E-state index in [1.807, 2.05) is 42.5 Å². The average Bonchev–Trinajstić information content (AvgIpc) is 4.29. The summed E-state index contributed by atoms with van der Waals surface area (Å²) in [5.41, 5.74) is 9.41. The Morgan fingerprint density at radius 1 is 0.689 bits per heavy atom. The maximum atomic E-state index is 13.5. The van der Waals surface area contributed by atoms with Crippen molar-refractivity contribution in [3.63, 3.8) is 0 Å². The number of oxime groups is 2. The molecule has 74 heavy (non-hydrogen) atoms. The molecule has 12 rings (SSSR count). The van der Waals surface area contributed by atoms with Gasteiger partial charge in [-0.2, -0.15) is 0 Å². The predicted molar refractivity (Wildman–Crippen MR) is 292 cm³/mol. The number of aliphatic hydroxyl groups excluding tert-OH is 2. The van der Waals surface area contributed by atoms with E-state index in [-0.39, 0.29) is 32.0 Å². The molecular formula is C52H52BCl4N6O9S2. The van der Waals surface area contributed by atoms with Gasteiger partial charge in [-0.05, 0) is 135 Å². The lowest BCUT2D eigenvalue weighted by atomic mass is 9.99. The third-order valence-corrected chi connectivity index (χ3v) is 16.7. The summed E-state index contributed by atoms with van der Waals surface area (Å²) in [6, 6.07) is 21.0. The van der Waals surface area contributed by atoms with E-state index in [4.69, 9.17) is 76.4 Å². The highest BCUT2D eigenvalue weighted by Crippen LogP contribution is 2.39. The molecule has 6 aliphatic rings. The van der Waals surface area contributed by atoms with Crippen molar-refractivity contribution >= 4 is 121 Å². The first-order chi connectivity index (χ1) is 35.3. The predicted octanol–water partition coefficient (Wildman–Crippen LogP) is 9.35. The van der Waals surface area contributed by atoms with Crippen LogP contribution < -0.4 is 20.5 Å². The number of amides is 1. The zero-order valence-electron chi connectivity index (χ0n) is 39.9. The summed E-state index contributed by atoms with van der Waals surface area (Å²) in [6.45, 7) is 5.84. The van der Waals surface area contributed by atoms with Crippen molar-refractivity contribution in [3.05, 3.63) is 125 Å². The van der Waals surface area contributed by atoms with Crippen molar-refractivity contribution in [1.82, 2.24) is 15.1 Å². The minimum Gasteiger partial charge on any atom is -0.489 e. The molecule has 2 aromatic heterocycles. The summed E-state index contributed by atoms with van der Waals surface area (Å²) in [5.74, 6) is -0.160. The van der Waals surface area contributed by atoms with Crippen molar-refractivity contribution < 1.29 is 44.1 Å². The van der Waals surface area contributed by atoms with Crippen LogP contribution in [0.25, 0.3) is 20.2 Å². The van der Waals surface area contributed by atoms with Crippen LogP contribution in [-0.2, 0) is 32.5 Å². The van der Waals surface area contributed by atoms with Crippen LogP contribution in [0.5, 0.6) is 11.5 Å². The van der Waals surface area contributed by atoms with Gasteiger partial charge in [0.15, 0.2) is 5.71 Å². The fourth-order valence-electron chi connectivity index (χ4n) is 8.67. The second-order valence-corrected chi connectivity index (χ2v) is 22.6. The first-order valence-corrected chi connectivity index (χ1v) is 27.3. The summed E-state index contributed by atoms with van der Waals surface area (Å²) in [6.07, 6.45) is 5.48. The number of hydrogen-bond acceptors (Lipinski definition) is 15. The molecule has 22 heteroatoms. The fraction of sp³-hybridized carbons (Fsp3) is 0.385. The smallest absolute Gasteiger partial charge is 0.359 e. The van der Waals surface area contributed by atoms with Crippen LogP contribution in [-0.4, -0.2) is 120 Å². The third-order valence-electron chi connectivity index (χ3n) is 13.2. The lowest BCUT2D eigenvalue weighted by molar-refractivity contribution is -0.129. The highest BCUT2D eigenvalue weighted by Gasteiger charge is 2.34. The number of fused-ring (bicyclic) bond motifs is 6. The van der Waals surface area contributed by atoms with Gasteiger partial charge in [-0.3, -0.25) is 4.79 Å². The monoisotopic (exact) mass is 1120 g/mol. The molecule has 2 saturated heterocycles. The molecule has 6 heterocycles. The van der Waals surface area contributed by atoms with Gasteiger partial charge in [0, 0.05) is 58.1 Å². The van der Waals surface area contributed by atoms with Gasteiger partial charge < -0.3 is 55.3 Å². The standard InChI is InChI=1S/C26H25Cl2N3O4S.C15H21ClN2O2.C11H6ClNO3S.B/c27-15-3-6-17-18-13-34-30-23(25(18)36-22(17)11-15)26(33)29-20(12-31-8-1-9-31)24(32)14-2-7-21(19(28)10-14)35-16-4-5-16;16-12-8-10(2-5-14(12)20-11-3-4-11)15(19)13(17)9-18-6-1-7-18;12-5-1-2-6-7-4-16-13-9(11(14)15)10(7)17-8(6)3-5;/h2-3,6-7,10-11,16,20,24,32H,1,4-5,8-9,12-13H2,(H,29,33);2,5,8,11,13,15,19H,1,3-4,6-7,9,17H2;1-3H,4H2,(H,14,15);/t20-,24-;13-,15-;;/m11../s1. The SMILES string of the molecule is N[C@H](CN1CCC1)[C@H](O)c1ccc(OC2CC2)c(Cl)c1.O=C(N[C@H](CN1CCC1)[C@H](O)c1ccc(OC2CC2)c(Cl)c1)C1=NOCc2c1sc1cc(Cl)ccc21.O=C(O)C1=NOCc2c1sc1cc(Cl)ccc21.[B]. The molecule has 15 nitrogen and oxygen atoms in total. The van der Waals surface area contributed by atoms with Crippen LogP contribution >= 0.6 is 69.1 Å². The Balaban J connectivity index is 0.000000149. The van der Waals surface area contributed by atoms with Gasteiger partial charge in [-0.25, -0.2) is 4.79 Å². The zero-order valence-corrected chi connectivity index (χ0v) is 44.5. The summed E-state index contributed by atoms with van der Waals surface area (Å²) in [5, 5.41) is 45.6. The number of carboxylic acids is 1. The number of aliphatic hydroxyl groups is 2. The van der Waals surface area contributed by atoms with Crippen LogP contribution in [0, 0.1) is 0 Å². The van der Waals surface area contributed by atoms with E-state index >= 15 is 0 Å². The number of carbonyl (C=O) groups excluding carboxylic acids is 1. The highest BCUT2D eigenvalue weighted by atomic mass is 35.5. The van der Waals surface area contributed by atoms with Crippen LogP contribution in [0.2, 0.25) is 20.1 Å². The molecule has 2 aliphatic carbocycles. The highest BCUT2D eigenvalue weighted by molar-refractivity contribution is 7.22. The lowest BCUT2D eigenvalue weighted by Crippen LogP contribution is -2.52. The normalized spacial score (nSPS) is 18.5. The number of aliphatic carboxylic acids is 1. The molecular weight excluding hydrogens is 1070 g/mol. The van der Waals surface area contributed by atoms with Gasteiger partial charge in [-0.15, -0.1) is 22.7 Å². The summed E-state index contributed by atoms with van der Waals surface area (Å²) in [4.78, 5) is 40.7. The largest absolute Gasteiger partial charge is 0.489 e. The van der Waals surface area contributed by atoms with E-state index < -0.39 is 30.1 Å². The molecule has 1 amide bonds. The van der Waals surface area contributed by atoms with Crippen LogP contribution in [0.4, 0.5) is 0 Å². The molecule has 0 bridgehead atoms. The summed E-state index contributed by atoms with van der Waals surface area (Å²) >= 11 is 27.6. The minimum atomic E-state index is -1.08. The molecule has 3 radical (unpaired) electrons. The van der Waals surface area contributed by atoms with E-state index in [0.29, 0.717) is 67.9 Å². The average molecular weight is 1120 g/mol. The molecule has 4 atom stereocenters. The number of benzene rings is 4. The minimum absolute atomic E-state index is 0. The lowest BCUT2D eigenvalue weighted by Gasteiger charge is -2.36. The van der Waals surface area contributed by atoms with Crippen molar-refractivity contribution in [2.75, 3.05) is 39.3 Å². The van der Waals surface area contributed by atoms with E-state index in [1.54, 1.807) is 30.3 Å². The number of nitrogens with one attached hydrogen (secondary N) is 1. The van der Waals surface area contributed by atoms with Crippen LogP contribution in [0.15, 0.2) is 83.1 Å². The van der Waals surface area contributed by atoms with E-state index in [9.17, 15) is 19.8 Å². The Hall–Kier alpha value is -4.70. The Morgan fingerprint density at radius 2 is 1.16 bits per heavy atom. The first kappa shape index (κ1) is 54.1. The van der Waals surface area contributed by atoms with Gasteiger partial charge in [0.25, 0.3) is 5.91 Å². The Morgan fingerprint density at radius 3 is 1.62 bits per heavy atom. The third kappa shape index (κ3) is 12.6. The van der Waals surface area contributed by atoms with Gasteiger partial charge in [0.2, 0.25) is 5.71 Å². The van der Waals surface area contributed by atoms with Gasteiger partial charge in [-0.1, -0.05) is 81.0 Å². The van der Waals surface area contributed by atoms with Crippen molar-refractivity contribution in [3.8, 4) is 11.5 Å². The van der Waals surface area contributed by atoms with Crippen LogP contribution in [0.3, 0.4) is 0 Å². The molecule has 4 aromatic carbocycles. The number of halogens is 4. The summed E-state index contributed by atoms with van der Waals surface area (Å²) in [7, 11) is 0. The molecule has 387 valence electrons. The van der Waals surface area contributed by atoms with Gasteiger partial charge >= 0.3 is 5.97 Å². The number of carboxylic acid groups (broad SMARTS) is 1. The molecule has 4 fully saturated rings. The van der Waals surface area contributed by atoms with Crippen molar-refractivity contribution in [2.24, 2.45) is 16.0 Å². The fourth-order valence-corrected chi connectivity index (χ4v) is 12.1. The van der Waals surface area contributed by atoms with Gasteiger partial charge in [0.05, 0.1) is 44.2 Å². The second kappa shape index (κ2) is 23.7. The maximum Gasteiger partial charge on any atom is 0.359 e. The molecule has 0 unspecified atom stereocenters. The van der Waals surface area contributed by atoms with Crippen LogP contribution in [0.1, 0.15) is 82.7 Å². The van der Waals surface area contributed by atoms with E-state index in [0.717, 1.165) is 107 Å². The molecule has 6 N–H and O–H groups in total. The van der Waals surface area contributed by atoms with E-state index in [1.165, 1.54) is 29.1 Å². The zero-order chi connectivity index (χ0) is 50.9. The Labute approximate surface area is 457 Å². The maximum absolute atomic E-state index is 13.5. The van der Waals surface area contributed by atoms with Crippen molar-refractivity contribution in [2.45, 2.75) is 88.2 Å². The van der Waals surface area contributed by atoms with Crippen molar-refractivity contribution in [1.29, 1.82) is 0 Å². The number of hydrogen-bond donors (Lipinski definition) is 5. The summed E-state index contributed by atoms with van der Waals surface area (Å²) < 4.78 is 13.4. The first-order valence-electron chi connectivity index (χ1n) is 24.1. The number of likely N-dealkylation sites (tertiary alicyclic amines) is 2. The quantitative estimate of drug-likeness (QED) is 0.0612. The second-order valence-electron chi connectivity index (χ2n) is 18.8. The van der Waals surface area contributed by atoms with Gasteiger partial charge in [0.1, 0.15) is 30.8 Å². The number of carbonyl (C=O) groups is 2. The number of thiophene rings is 2. The Bertz CT molecular complexity index is 3110.